The van der Waals surface area contributed by atoms with Gasteiger partial charge in [0.15, 0.2) is 5.75 Å². The molecule has 0 fully saturated rings. The molecule has 2 rings (SSSR count). The molecule has 0 radical (unpaired) electrons. The summed E-state index contributed by atoms with van der Waals surface area (Å²) in [6, 6.07) is 7.55. The first-order chi connectivity index (χ1) is 7.66. The lowest BCUT2D eigenvalue weighted by atomic mass is 10.3. The van der Waals surface area contributed by atoms with E-state index in [4.69, 9.17) is 10.5 Å². The molecule has 0 atom stereocenters. The second kappa shape index (κ2) is 4.84. The molecule has 0 aliphatic heterocycles. The zero-order valence-corrected chi connectivity index (χ0v) is 11.3. The van der Waals surface area contributed by atoms with Gasteiger partial charge in [-0.15, -0.1) is 0 Å². The molecule has 0 spiro atoms. The van der Waals surface area contributed by atoms with Crippen LogP contribution in [0.25, 0.3) is 0 Å². The van der Waals surface area contributed by atoms with E-state index >= 15 is 0 Å². The summed E-state index contributed by atoms with van der Waals surface area (Å²) in [6.07, 6.45) is 3.20. The van der Waals surface area contributed by atoms with Crippen LogP contribution < -0.4 is 10.5 Å². The zero-order chi connectivity index (χ0) is 11.5. The molecular formula is C11H8Br2N2O. The molecule has 0 bridgehead atoms. The molecule has 0 saturated carbocycles. The molecule has 0 aliphatic carbocycles. The van der Waals surface area contributed by atoms with Crippen molar-refractivity contribution in [3.8, 4) is 11.5 Å². The van der Waals surface area contributed by atoms with Crippen molar-refractivity contribution < 1.29 is 4.74 Å². The minimum atomic E-state index is 0.495. The minimum absolute atomic E-state index is 0.495. The van der Waals surface area contributed by atoms with Gasteiger partial charge < -0.3 is 10.5 Å². The van der Waals surface area contributed by atoms with Gasteiger partial charge in [-0.3, -0.25) is 4.98 Å². The van der Waals surface area contributed by atoms with Gasteiger partial charge in [0.25, 0.3) is 0 Å². The van der Waals surface area contributed by atoms with Crippen molar-refractivity contribution in [1.29, 1.82) is 0 Å². The summed E-state index contributed by atoms with van der Waals surface area (Å²) in [7, 11) is 0. The Morgan fingerprint density at radius 3 is 2.69 bits per heavy atom. The number of hydrogen-bond acceptors (Lipinski definition) is 3. The largest absolute Gasteiger partial charge is 0.454 e. The third-order valence-corrected chi connectivity index (χ3v) is 2.95. The van der Waals surface area contributed by atoms with E-state index < -0.39 is 0 Å². The number of hydrogen-bond donors (Lipinski definition) is 1. The van der Waals surface area contributed by atoms with E-state index in [0.29, 0.717) is 17.2 Å². The smallest absolute Gasteiger partial charge is 0.167 e. The van der Waals surface area contributed by atoms with E-state index in [1.807, 2.05) is 24.3 Å². The third-order valence-electron chi connectivity index (χ3n) is 1.90. The van der Waals surface area contributed by atoms with Crippen LogP contribution in [0.4, 0.5) is 5.69 Å². The highest BCUT2D eigenvalue weighted by molar-refractivity contribution is 9.10. The van der Waals surface area contributed by atoms with E-state index in [1.165, 1.54) is 0 Å². The van der Waals surface area contributed by atoms with Crippen LogP contribution in [0.5, 0.6) is 11.5 Å². The van der Waals surface area contributed by atoms with Crippen LogP contribution in [-0.2, 0) is 0 Å². The Balaban J connectivity index is 2.34. The number of ether oxygens (including phenoxy) is 1. The summed E-state index contributed by atoms with van der Waals surface area (Å²) < 4.78 is 7.36. The molecule has 16 heavy (non-hydrogen) atoms. The number of aromatic nitrogens is 1. The maximum Gasteiger partial charge on any atom is 0.167 e. The van der Waals surface area contributed by atoms with Crippen LogP contribution in [-0.4, -0.2) is 4.98 Å². The van der Waals surface area contributed by atoms with Crippen LogP contribution in [0, 0.1) is 0 Å². The van der Waals surface area contributed by atoms with E-state index in [1.54, 1.807) is 12.4 Å². The van der Waals surface area contributed by atoms with Crippen molar-refractivity contribution in [2.75, 3.05) is 5.73 Å². The SMILES string of the molecule is Nc1cncc(Br)c1Oc1cccc(Br)c1. The van der Waals surface area contributed by atoms with Crippen LogP contribution in [0.15, 0.2) is 45.6 Å². The summed E-state index contributed by atoms with van der Waals surface area (Å²) >= 11 is 6.72. The van der Waals surface area contributed by atoms with Crippen LogP contribution >= 0.6 is 31.9 Å². The fraction of sp³-hybridized carbons (Fsp3) is 0. The molecule has 1 aromatic carbocycles. The molecule has 2 aromatic rings. The van der Waals surface area contributed by atoms with Crippen LogP contribution in [0.3, 0.4) is 0 Å². The zero-order valence-electron chi connectivity index (χ0n) is 8.15. The third kappa shape index (κ3) is 2.54. The van der Waals surface area contributed by atoms with E-state index in [0.717, 1.165) is 8.95 Å². The number of nitrogens with two attached hydrogens (primary N) is 1. The Labute approximate surface area is 110 Å². The summed E-state index contributed by atoms with van der Waals surface area (Å²) in [4.78, 5) is 3.94. The predicted molar refractivity (Wildman–Crippen MR) is 70.6 cm³/mol. The van der Waals surface area contributed by atoms with E-state index in [9.17, 15) is 0 Å². The predicted octanol–water partition coefficient (Wildman–Crippen LogP) is 3.98. The maximum absolute atomic E-state index is 5.78. The summed E-state index contributed by atoms with van der Waals surface area (Å²) in [6.45, 7) is 0. The highest BCUT2D eigenvalue weighted by Gasteiger charge is 2.07. The molecule has 3 nitrogen and oxygen atoms in total. The van der Waals surface area contributed by atoms with Gasteiger partial charge in [0.1, 0.15) is 5.75 Å². The van der Waals surface area contributed by atoms with Gasteiger partial charge in [0.2, 0.25) is 0 Å². The van der Waals surface area contributed by atoms with Gasteiger partial charge in [-0.05, 0) is 34.1 Å². The van der Waals surface area contributed by atoms with Gasteiger partial charge in [-0.1, -0.05) is 22.0 Å². The fourth-order valence-electron chi connectivity index (χ4n) is 1.19. The lowest BCUT2D eigenvalue weighted by Crippen LogP contribution is -1.94. The monoisotopic (exact) mass is 342 g/mol. The fourth-order valence-corrected chi connectivity index (χ4v) is 2.00. The highest BCUT2D eigenvalue weighted by atomic mass is 79.9. The van der Waals surface area contributed by atoms with E-state index in [2.05, 4.69) is 36.8 Å². The topological polar surface area (TPSA) is 48.1 Å². The molecule has 82 valence electrons. The minimum Gasteiger partial charge on any atom is -0.454 e. The van der Waals surface area contributed by atoms with Gasteiger partial charge in [-0.2, -0.15) is 0 Å². The van der Waals surface area contributed by atoms with Crippen LogP contribution in [0.1, 0.15) is 0 Å². The Kier molecular flexibility index (Phi) is 3.46. The Bertz CT molecular complexity index is 497. The first-order valence-electron chi connectivity index (χ1n) is 4.49. The number of rotatable bonds is 2. The quantitative estimate of drug-likeness (QED) is 0.897. The van der Waals surface area contributed by atoms with Crippen molar-refractivity contribution >= 4 is 37.5 Å². The Hall–Kier alpha value is -1.07. The lowest BCUT2D eigenvalue weighted by molar-refractivity contribution is 0.481. The molecule has 2 N–H and O–H groups in total. The number of nitrogens with zero attached hydrogens (tertiary/aromatic N) is 1. The Morgan fingerprint density at radius 2 is 2.00 bits per heavy atom. The van der Waals surface area contributed by atoms with Gasteiger partial charge in [-0.25, -0.2) is 0 Å². The molecule has 1 heterocycles. The van der Waals surface area contributed by atoms with Crippen molar-refractivity contribution in [2.45, 2.75) is 0 Å². The van der Waals surface area contributed by atoms with Crippen molar-refractivity contribution in [3.05, 3.63) is 45.6 Å². The molecule has 0 unspecified atom stereocenters. The number of nitrogen functional groups attached to an aromatic ring is 1. The van der Waals surface area contributed by atoms with Gasteiger partial charge in [0.05, 0.1) is 16.4 Å². The van der Waals surface area contributed by atoms with Crippen molar-refractivity contribution in [1.82, 2.24) is 4.98 Å². The summed E-state index contributed by atoms with van der Waals surface area (Å²) in [5, 5.41) is 0. The molecule has 0 saturated heterocycles. The summed E-state index contributed by atoms with van der Waals surface area (Å²) in [5.41, 5.74) is 6.27. The number of anilines is 1. The number of pyridine rings is 1. The van der Waals surface area contributed by atoms with Crippen molar-refractivity contribution in [2.24, 2.45) is 0 Å². The number of halogens is 2. The van der Waals surface area contributed by atoms with Crippen LogP contribution in [0.2, 0.25) is 0 Å². The molecule has 1 aromatic heterocycles. The van der Waals surface area contributed by atoms with Crippen molar-refractivity contribution in [3.63, 3.8) is 0 Å². The summed E-state index contributed by atoms with van der Waals surface area (Å²) in [5.74, 6) is 1.29. The molecule has 0 amide bonds. The normalized spacial score (nSPS) is 10.1. The van der Waals surface area contributed by atoms with Gasteiger partial charge in [0, 0.05) is 10.7 Å². The number of benzene rings is 1. The lowest BCUT2D eigenvalue weighted by Gasteiger charge is -2.09. The second-order valence-electron chi connectivity index (χ2n) is 3.10. The average Bonchev–Trinajstić information content (AvgIpc) is 2.24. The maximum atomic E-state index is 5.78. The second-order valence-corrected chi connectivity index (χ2v) is 4.87. The first-order valence-corrected chi connectivity index (χ1v) is 6.08. The average molecular weight is 344 g/mol. The standard InChI is InChI=1S/C11H8Br2N2O/c12-7-2-1-3-8(4-7)16-11-9(13)5-15-6-10(11)14/h1-6H,14H2. The molecular weight excluding hydrogens is 336 g/mol. The van der Waals surface area contributed by atoms with Gasteiger partial charge >= 0.3 is 0 Å². The van der Waals surface area contributed by atoms with E-state index in [-0.39, 0.29) is 0 Å². The first kappa shape index (κ1) is 11.4. The Morgan fingerprint density at radius 1 is 1.19 bits per heavy atom. The molecule has 0 aliphatic rings. The molecule has 5 heteroatoms. The highest BCUT2D eigenvalue weighted by Crippen LogP contribution is 2.34.